The summed E-state index contributed by atoms with van der Waals surface area (Å²) in [5.41, 5.74) is 2.18. The minimum absolute atomic E-state index is 0.00165. The number of hydrogen-bond donors (Lipinski definition) is 1. The number of rotatable bonds is 3. The number of aryl methyl sites for hydroxylation is 1. The van der Waals surface area contributed by atoms with E-state index in [-0.39, 0.29) is 5.02 Å². The molecule has 0 bridgehead atoms. The Morgan fingerprint density at radius 3 is 2.37 bits per heavy atom. The highest BCUT2D eigenvalue weighted by Gasteiger charge is 2.13. The van der Waals surface area contributed by atoms with E-state index in [4.69, 9.17) is 16.3 Å². The molecule has 0 saturated heterocycles. The molecule has 19 heavy (non-hydrogen) atoms. The molecule has 2 aromatic rings. The average molecular weight is 281 g/mol. The first-order valence-electron chi connectivity index (χ1n) is 5.80. The number of aliphatic hydroxyl groups excluding tert-OH is 1. The number of hydrogen-bond acceptors (Lipinski definition) is 2. The first kappa shape index (κ1) is 13.8. The van der Waals surface area contributed by atoms with Crippen molar-refractivity contribution in [1.29, 1.82) is 0 Å². The van der Waals surface area contributed by atoms with Crippen molar-refractivity contribution in [1.82, 2.24) is 0 Å². The maximum absolute atomic E-state index is 13.1. The summed E-state index contributed by atoms with van der Waals surface area (Å²) in [4.78, 5) is 0. The monoisotopic (exact) mass is 280 g/mol. The lowest BCUT2D eigenvalue weighted by molar-refractivity contribution is 0.220. The van der Waals surface area contributed by atoms with E-state index in [0.717, 1.165) is 11.3 Å². The second kappa shape index (κ2) is 5.59. The number of ether oxygens (including phenoxy) is 1. The Hall–Kier alpha value is -1.58. The molecule has 4 heteroatoms. The van der Waals surface area contributed by atoms with Crippen molar-refractivity contribution in [2.45, 2.75) is 13.0 Å². The van der Waals surface area contributed by atoms with Crippen LogP contribution in [-0.2, 0) is 0 Å². The van der Waals surface area contributed by atoms with Gasteiger partial charge in [0.1, 0.15) is 17.7 Å². The average Bonchev–Trinajstić information content (AvgIpc) is 2.41. The third kappa shape index (κ3) is 2.88. The zero-order chi connectivity index (χ0) is 14.0. The van der Waals surface area contributed by atoms with Crippen LogP contribution < -0.4 is 4.74 Å². The summed E-state index contributed by atoms with van der Waals surface area (Å²) in [5, 5.41) is 10.3. The quantitative estimate of drug-likeness (QED) is 0.924. The number of aliphatic hydroxyl groups is 1. The van der Waals surface area contributed by atoms with Gasteiger partial charge in [-0.1, -0.05) is 23.7 Å². The molecule has 0 fully saturated rings. The maximum Gasteiger partial charge on any atom is 0.141 e. The molecule has 100 valence electrons. The van der Waals surface area contributed by atoms with Crippen LogP contribution in [-0.4, -0.2) is 12.2 Å². The Morgan fingerprint density at radius 2 is 1.79 bits per heavy atom. The Balaban J connectivity index is 2.35. The van der Waals surface area contributed by atoms with E-state index in [1.54, 1.807) is 19.2 Å². The Kier molecular flexibility index (Phi) is 4.08. The van der Waals surface area contributed by atoms with Crippen molar-refractivity contribution >= 4 is 11.6 Å². The highest BCUT2D eigenvalue weighted by atomic mass is 35.5. The smallest absolute Gasteiger partial charge is 0.141 e. The Morgan fingerprint density at radius 1 is 1.16 bits per heavy atom. The largest absolute Gasteiger partial charge is 0.496 e. The van der Waals surface area contributed by atoms with Crippen molar-refractivity contribution in [3.8, 4) is 5.75 Å². The molecule has 0 saturated carbocycles. The van der Waals surface area contributed by atoms with Gasteiger partial charge < -0.3 is 9.84 Å². The van der Waals surface area contributed by atoms with Crippen LogP contribution >= 0.6 is 11.6 Å². The molecule has 0 radical (unpaired) electrons. The lowest BCUT2D eigenvalue weighted by Gasteiger charge is -2.14. The highest BCUT2D eigenvalue weighted by molar-refractivity contribution is 6.30. The van der Waals surface area contributed by atoms with Crippen LogP contribution in [0, 0.1) is 12.7 Å². The van der Waals surface area contributed by atoms with Gasteiger partial charge in [0.15, 0.2) is 0 Å². The van der Waals surface area contributed by atoms with E-state index < -0.39 is 11.9 Å². The maximum atomic E-state index is 13.1. The second-order valence-corrected chi connectivity index (χ2v) is 4.71. The summed E-state index contributed by atoms with van der Waals surface area (Å²) in [7, 11) is 1.60. The summed E-state index contributed by atoms with van der Waals surface area (Å²) in [6.07, 6.45) is -0.845. The molecule has 1 atom stereocenters. The van der Waals surface area contributed by atoms with Gasteiger partial charge in [-0.25, -0.2) is 4.39 Å². The Labute approximate surface area is 116 Å². The van der Waals surface area contributed by atoms with Crippen molar-refractivity contribution in [3.05, 3.63) is 63.9 Å². The fraction of sp³-hybridized carbons (Fsp3) is 0.200. The number of benzene rings is 2. The van der Waals surface area contributed by atoms with E-state index >= 15 is 0 Å². The van der Waals surface area contributed by atoms with E-state index in [9.17, 15) is 9.50 Å². The standard InChI is InChI=1S/C15H14ClFO2/c1-9-7-10(4-6-14(9)19-2)15(18)11-3-5-13(17)12(16)8-11/h3-8,15,18H,1-2H3. The topological polar surface area (TPSA) is 29.5 Å². The molecule has 0 amide bonds. The molecule has 0 aliphatic heterocycles. The lowest BCUT2D eigenvalue weighted by atomic mass is 9.99. The van der Waals surface area contributed by atoms with Crippen LogP contribution in [0.15, 0.2) is 36.4 Å². The summed E-state index contributed by atoms with van der Waals surface area (Å²) in [6, 6.07) is 9.59. The predicted molar refractivity (Wildman–Crippen MR) is 73.2 cm³/mol. The van der Waals surface area contributed by atoms with Crippen molar-refractivity contribution < 1.29 is 14.2 Å². The van der Waals surface area contributed by atoms with Crippen LogP contribution in [0.25, 0.3) is 0 Å². The normalized spacial score (nSPS) is 12.3. The molecule has 2 rings (SSSR count). The van der Waals surface area contributed by atoms with Gasteiger partial charge in [0.2, 0.25) is 0 Å². The first-order valence-corrected chi connectivity index (χ1v) is 6.18. The molecule has 0 spiro atoms. The zero-order valence-corrected chi connectivity index (χ0v) is 11.4. The van der Waals surface area contributed by atoms with Crippen molar-refractivity contribution in [2.24, 2.45) is 0 Å². The molecule has 2 aromatic carbocycles. The van der Waals surface area contributed by atoms with E-state index in [2.05, 4.69) is 0 Å². The fourth-order valence-electron chi connectivity index (χ4n) is 1.95. The minimum Gasteiger partial charge on any atom is -0.496 e. The third-order valence-electron chi connectivity index (χ3n) is 2.99. The predicted octanol–water partition coefficient (Wildman–Crippen LogP) is 3.88. The summed E-state index contributed by atoms with van der Waals surface area (Å²) >= 11 is 5.72. The molecule has 1 N–H and O–H groups in total. The third-order valence-corrected chi connectivity index (χ3v) is 3.28. The minimum atomic E-state index is -0.845. The summed E-state index contributed by atoms with van der Waals surface area (Å²) in [6.45, 7) is 1.90. The summed E-state index contributed by atoms with van der Waals surface area (Å²) in [5.74, 6) is 0.261. The fourth-order valence-corrected chi connectivity index (χ4v) is 2.14. The van der Waals surface area contributed by atoms with Crippen LogP contribution in [0.1, 0.15) is 22.8 Å². The van der Waals surface area contributed by atoms with Crippen LogP contribution in [0.4, 0.5) is 4.39 Å². The number of halogens is 2. The molecule has 0 heterocycles. The van der Waals surface area contributed by atoms with E-state index in [0.29, 0.717) is 11.1 Å². The molecular weight excluding hydrogens is 267 g/mol. The highest BCUT2D eigenvalue weighted by Crippen LogP contribution is 2.28. The van der Waals surface area contributed by atoms with Crippen LogP contribution in [0.5, 0.6) is 5.75 Å². The van der Waals surface area contributed by atoms with Crippen molar-refractivity contribution in [2.75, 3.05) is 7.11 Å². The Bertz CT molecular complexity index is 599. The summed E-state index contributed by atoms with van der Waals surface area (Å²) < 4.78 is 18.3. The van der Waals surface area contributed by atoms with Gasteiger partial charge in [-0.3, -0.25) is 0 Å². The SMILES string of the molecule is COc1ccc(C(O)c2ccc(F)c(Cl)c2)cc1C. The van der Waals surface area contributed by atoms with Gasteiger partial charge in [-0.15, -0.1) is 0 Å². The molecule has 0 aliphatic carbocycles. The number of methoxy groups -OCH3 is 1. The van der Waals surface area contributed by atoms with Gasteiger partial charge in [-0.2, -0.15) is 0 Å². The second-order valence-electron chi connectivity index (χ2n) is 4.31. The zero-order valence-electron chi connectivity index (χ0n) is 10.7. The van der Waals surface area contributed by atoms with Gasteiger partial charge in [0.05, 0.1) is 12.1 Å². The van der Waals surface area contributed by atoms with Gasteiger partial charge in [0, 0.05) is 0 Å². The van der Waals surface area contributed by atoms with Crippen molar-refractivity contribution in [3.63, 3.8) is 0 Å². The van der Waals surface area contributed by atoms with Gasteiger partial charge >= 0.3 is 0 Å². The van der Waals surface area contributed by atoms with Crippen LogP contribution in [0.2, 0.25) is 5.02 Å². The molecule has 1 unspecified atom stereocenters. The lowest BCUT2D eigenvalue weighted by Crippen LogP contribution is -2.01. The molecule has 2 nitrogen and oxygen atoms in total. The van der Waals surface area contributed by atoms with E-state index in [1.807, 2.05) is 13.0 Å². The van der Waals surface area contributed by atoms with Gasteiger partial charge in [-0.05, 0) is 47.9 Å². The first-order chi connectivity index (χ1) is 9.02. The molecule has 0 aliphatic rings. The van der Waals surface area contributed by atoms with Crippen LogP contribution in [0.3, 0.4) is 0 Å². The molecule has 0 aromatic heterocycles. The van der Waals surface area contributed by atoms with Gasteiger partial charge in [0.25, 0.3) is 0 Å². The van der Waals surface area contributed by atoms with E-state index in [1.165, 1.54) is 18.2 Å². The molecular formula is C15H14ClFO2.